The summed E-state index contributed by atoms with van der Waals surface area (Å²) in [5, 5.41) is 7.84. The Morgan fingerprint density at radius 1 is 1.25 bits per heavy atom. The van der Waals surface area contributed by atoms with E-state index in [2.05, 4.69) is 9.46 Å². The van der Waals surface area contributed by atoms with Crippen molar-refractivity contribution in [2.24, 2.45) is 5.92 Å². The Balaban J connectivity index is 2.87. The van der Waals surface area contributed by atoms with Gasteiger partial charge in [0.2, 0.25) is 10.0 Å². The lowest BCUT2D eigenvalue weighted by molar-refractivity contribution is -0.142. The summed E-state index contributed by atoms with van der Waals surface area (Å²) in [7, 11) is -2.83. The second-order valence-corrected chi connectivity index (χ2v) is 7.05. The van der Waals surface area contributed by atoms with Crippen LogP contribution in [0.3, 0.4) is 0 Å². The van der Waals surface area contributed by atoms with E-state index in [1.54, 1.807) is 0 Å². The highest BCUT2D eigenvalue weighted by Gasteiger charge is 2.36. The van der Waals surface area contributed by atoms with Gasteiger partial charge in [-0.1, -0.05) is 19.3 Å². The third kappa shape index (κ3) is 4.17. The second kappa shape index (κ2) is 7.03. The second-order valence-electron chi connectivity index (χ2n) is 5.02. The summed E-state index contributed by atoms with van der Waals surface area (Å²) in [6.07, 6.45) is 3.32. The number of methoxy groups -OCH3 is 1. The van der Waals surface area contributed by atoms with Gasteiger partial charge in [0, 0.05) is 6.04 Å². The first-order valence-corrected chi connectivity index (χ1v) is 8.16. The molecule has 8 heteroatoms. The molecule has 0 aromatic rings. The summed E-state index contributed by atoms with van der Waals surface area (Å²) < 4.78 is 30.9. The van der Waals surface area contributed by atoms with Gasteiger partial charge in [0.15, 0.2) is 5.25 Å². The third-order valence-electron chi connectivity index (χ3n) is 3.65. The molecule has 3 atom stereocenters. The standard InChI is InChI=1S/C12H21NO6S/c1-8(12(16)19-2)20(17,18)13-10-7-5-3-4-6-9(10)11(14)15/h8-10,13H,3-7H2,1-2H3,(H,14,15). The van der Waals surface area contributed by atoms with Crippen molar-refractivity contribution in [3.05, 3.63) is 0 Å². The van der Waals surface area contributed by atoms with Crippen LogP contribution in [-0.2, 0) is 24.3 Å². The molecule has 0 spiro atoms. The fourth-order valence-corrected chi connectivity index (χ4v) is 3.61. The molecule has 116 valence electrons. The van der Waals surface area contributed by atoms with Gasteiger partial charge >= 0.3 is 11.9 Å². The molecular weight excluding hydrogens is 286 g/mol. The third-order valence-corrected chi connectivity index (χ3v) is 5.40. The van der Waals surface area contributed by atoms with Crippen molar-refractivity contribution < 1.29 is 27.9 Å². The van der Waals surface area contributed by atoms with Crippen LogP contribution in [-0.4, -0.2) is 43.9 Å². The minimum Gasteiger partial charge on any atom is -0.481 e. The SMILES string of the molecule is COC(=O)C(C)S(=O)(=O)NC1CCCCCC1C(=O)O. The van der Waals surface area contributed by atoms with Crippen LogP contribution in [0, 0.1) is 5.92 Å². The zero-order chi connectivity index (χ0) is 15.3. The normalized spacial score (nSPS) is 25.5. The van der Waals surface area contributed by atoms with E-state index in [-0.39, 0.29) is 0 Å². The van der Waals surface area contributed by atoms with Crippen molar-refractivity contribution in [3.8, 4) is 0 Å². The minimum absolute atomic E-state index is 0.440. The molecule has 1 aliphatic carbocycles. The van der Waals surface area contributed by atoms with E-state index in [0.29, 0.717) is 12.8 Å². The van der Waals surface area contributed by atoms with Gasteiger partial charge in [-0.2, -0.15) is 0 Å². The molecule has 2 N–H and O–H groups in total. The van der Waals surface area contributed by atoms with Crippen LogP contribution in [0.1, 0.15) is 39.0 Å². The molecule has 20 heavy (non-hydrogen) atoms. The lowest BCUT2D eigenvalue weighted by Crippen LogP contribution is -2.47. The summed E-state index contributed by atoms with van der Waals surface area (Å²) in [6, 6.07) is -0.674. The molecule has 0 saturated heterocycles. The number of rotatable bonds is 5. The zero-order valence-corrected chi connectivity index (χ0v) is 12.5. The zero-order valence-electron chi connectivity index (χ0n) is 11.7. The average molecular weight is 307 g/mol. The van der Waals surface area contributed by atoms with E-state index in [9.17, 15) is 23.1 Å². The molecule has 1 aliphatic rings. The van der Waals surface area contributed by atoms with Crippen molar-refractivity contribution >= 4 is 22.0 Å². The molecule has 1 rings (SSSR count). The Labute approximate surface area is 118 Å². The molecule has 0 amide bonds. The Hall–Kier alpha value is -1.15. The van der Waals surface area contributed by atoms with E-state index < -0.39 is 39.2 Å². The number of esters is 1. The quantitative estimate of drug-likeness (QED) is 0.565. The number of aliphatic carboxylic acids is 1. The highest BCUT2D eigenvalue weighted by Crippen LogP contribution is 2.24. The van der Waals surface area contributed by atoms with Gasteiger partial charge in [0.05, 0.1) is 13.0 Å². The van der Waals surface area contributed by atoms with Crippen molar-refractivity contribution in [3.63, 3.8) is 0 Å². The van der Waals surface area contributed by atoms with Crippen LogP contribution in [0.5, 0.6) is 0 Å². The summed E-state index contributed by atoms with van der Waals surface area (Å²) in [4.78, 5) is 22.6. The van der Waals surface area contributed by atoms with Crippen molar-refractivity contribution in [2.45, 2.75) is 50.3 Å². The number of ether oxygens (including phenoxy) is 1. The van der Waals surface area contributed by atoms with Gasteiger partial charge in [-0.05, 0) is 19.8 Å². The first kappa shape index (κ1) is 16.9. The smallest absolute Gasteiger partial charge is 0.325 e. The topological polar surface area (TPSA) is 110 Å². The van der Waals surface area contributed by atoms with Gasteiger partial charge in [0.25, 0.3) is 0 Å². The lowest BCUT2D eigenvalue weighted by atomic mass is 9.96. The number of sulfonamides is 1. The number of carbonyl (C=O) groups is 2. The van der Waals surface area contributed by atoms with Crippen LogP contribution >= 0.6 is 0 Å². The maximum atomic E-state index is 12.1. The summed E-state index contributed by atoms with van der Waals surface area (Å²) in [5.41, 5.74) is 0. The molecule has 0 bridgehead atoms. The van der Waals surface area contributed by atoms with E-state index >= 15 is 0 Å². The van der Waals surface area contributed by atoms with Crippen LogP contribution in [0.4, 0.5) is 0 Å². The van der Waals surface area contributed by atoms with Crippen molar-refractivity contribution in [2.75, 3.05) is 7.11 Å². The molecular formula is C12H21NO6S. The maximum absolute atomic E-state index is 12.1. The lowest BCUT2D eigenvalue weighted by Gasteiger charge is -2.24. The number of carboxylic acids is 1. The molecule has 1 saturated carbocycles. The molecule has 7 nitrogen and oxygen atoms in total. The van der Waals surface area contributed by atoms with Crippen LogP contribution in [0.2, 0.25) is 0 Å². The molecule has 0 aliphatic heterocycles. The number of carboxylic acid groups (broad SMARTS) is 1. The van der Waals surface area contributed by atoms with E-state index in [4.69, 9.17) is 0 Å². The predicted octanol–water partition coefficient (Wildman–Crippen LogP) is 0.501. The highest BCUT2D eigenvalue weighted by atomic mass is 32.2. The van der Waals surface area contributed by atoms with Crippen LogP contribution < -0.4 is 4.72 Å². The fourth-order valence-electron chi connectivity index (χ4n) is 2.35. The van der Waals surface area contributed by atoms with E-state index in [1.165, 1.54) is 6.92 Å². The Bertz CT molecular complexity index is 461. The minimum atomic E-state index is -3.94. The average Bonchev–Trinajstić information content (AvgIpc) is 2.61. The summed E-state index contributed by atoms with van der Waals surface area (Å²) in [5.74, 6) is -2.62. The van der Waals surface area contributed by atoms with Gasteiger partial charge in [0.1, 0.15) is 0 Å². The Morgan fingerprint density at radius 2 is 1.85 bits per heavy atom. The number of hydrogen-bond donors (Lipinski definition) is 2. The van der Waals surface area contributed by atoms with Crippen molar-refractivity contribution in [1.82, 2.24) is 4.72 Å². The number of nitrogens with one attached hydrogen (secondary N) is 1. The van der Waals surface area contributed by atoms with Crippen LogP contribution in [0.25, 0.3) is 0 Å². The van der Waals surface area contributed by atoms with Gasteiger partial charge in [-0.3, -0.25) is 9.59 Å². The Kier molecular flexibility index (Phi) is 5.94. The molecule has 1 fully saturated rings. The van der Waals surface area contributed by atoms with Gasteiger partial charge < -0.3 is 9.84 Å². The van der Waals surface area contributed by atoms with E-state index in [0.717, 1.165) is 26.4 Å². The Morgan fingerprint density at radius 3 is 2.40 bits per heavy atom. The monoisotopic (exact) mass is 307 g/mol. The first-order chi connectivity index (χ1) is 9.29. The van der Waals surface area contributed by atoms with Gasteiger partial charge in [-0.25, -0.2) is 13.1 Å². The predicted molar refractivity (Wildman–Crippen MR) is 71.5 cm³/mol. The van der Waals surface area contributed by atoms with E-state index in [1.807, 2.05) is 0 Å². The molecule has 0 heterocycles. The van der Waals surface area contributed by atoms with Crippen molar-refractivity contribution in [1.29, 1.82) is 0 Å². The highest BCUT2D eigenvalue weighted by molar-refractivity contribution is 7.90. The first-order valence-electron chi connectivity index (χ1n) is 6.61. The maximum Gasteiger partial charge on any atom is 0.325 e. The molecule has 0 aromatic heterocycles. The van der Waals surface area contributed by atoms with Crippen LogP contribution in [0.15, 0.2) is 0 Å². The molecule has 3 unspecified atom stereocenters. The largest absolute Gasteiger partial charge is 0.481 e. The summed E-state index contributed by atoms with van der Waals surface area (Å²) >= 11 is 0. The molecule has 0 aromatic carbocycles. The number of hydrogen-bond acceptors (Lipinski definition) is 5. The molecule has 0 radical (unpaired) electrons. The summed E-state index contributed by atoms with van der Waals surface area (Å²) in [6.45, 7) is 1.22. The fraction of sp³-hybridized carbons (Fsp3) is 0.833. The van der Waals surface area contributed by atoms with Gasteiger partial charge in [-0.15, -0.1) is 0 Å². The number of carbonyl (C=O) groups excluding carboxylic acids is 1.